The van der Waals surface area contributed by atoms with Gasteiger partial charge >= 0.3 is 18.1 Å². The number of carbonyl (C=O) groups excluding carboxylic acids is 1. The van der Waals surface area contributed by atoms with Crippen molar-refractivity contribution >= 4 is 45.0 Å². The standard InChI is InChI=1S/C31H36ClF3N2O8S/c1-3-15-46(44,45)21-9-7-20(8-10-21)27(29-13-11-19(12-14-29)18-36(29)2)37(23-6-4-5-22(26(23)32)31(33,34)35)24(38)16-30(43,28(41)42)17-25(39)40/h4-10,19,27,43H,3,11-18H2,1-2H3,(H,39,40)(H,41,42). The number of carbonyl (C=O) groups is 3. The van der Waals surface area contributed by atoms with Crippen molar-refractivity contribution in [2.45, 2.75) is 80.1 Å². The lowest BCUT2D eigenvalue weighted by Gasteiger charge is -2.59. The summed E-state index contributed by atoms with van der Waals surface area (Å²) in [5.41, 5.74) is -5.39. The largest absolute Gasteiger partial charge is 0.481 e. The minimum absolute atomic E-state index is 0.00625. The highest BCUT2D eigenvalue weighted by molar-refractivity contribution is 7.91. The summed E-state index contributed by atoms with van der Waals surface area (Å²) in [6.07, 6.45) is -4.83. The molecule has 46 heavy (non-hydrogen) atoms. The van der Waals surface area contributed by atoms with Gasteiger partial charge in [0.25, 0.3) is 0 Å². The third-order valence-electron chi connectivity index (χ3n) is 9.16. The number of fused-ring (bicyclic) bond motifs is 3. The predicted octanol–water partition coefficient (Wildman–Crippen LogP) is 5.17. The smallest absolute Gasteiger partial charge is 0.417 e. The van der Waals surface area contributed by atoms with E-state index in [1.54, 1.807) is 6.92 Å². The van der Waals surface area contributed by atoms with Crippen molar-refractivity contribution in [2.24, 2.45) is 5.92 Å². The zero-order valence-electron chi connectivity index (χ0n) is 25.3. The van der Waals surface area contributed by atoms with Gasteiger partial charge in [0.05, 0.1) is 45.8 Å². The number of nitrogens with zero attached hydrogens (tertiary/aromatic N) is 2. The number of aliphatic carboxylic acids is 2. The van der Waals surface area contributed by atoms with Crippen molar-refractivity contribution in [2.75, 3.05) is 24.2 Å². The van der Waals surface area contributed by atoms with E-state index in [-0.39, 0.29) is 10.6 Å². The number of halogens is 4. The molecule has 2 unspecified atom stereocenters. The average molecular weight is 689 g/mol. The molecule has 3 fully saturated rings. The summed E-state index contributed by atoms with van der Waals surface area (Å²) in [5, 5.41) is 29.1. The maximum absolute atomic E-state index is 14.4. The molecular formula is C31H36ClF3N2O8S. The Labute approximate surface area is 269 Å². The van der Waals surface area contributed by atoms with Gasteiger partial charge in [-0.3, -0.25) is 14.5 Å². The molecule has 2 aromatic rings. The SMILES string of the molecule is CCCS(=O)(=O)c1ccc(C(N(C(=O)CC(O)(CC(=O)O)C(=O)O)c2cccc(C(F)(F)F)c2Cl)C23CCC(CC2)CN3C)cc1. The van der Waals surface area contributed by atoms with Gasteiger partial charge in [0.1, 0.15) is 0 Å². The Hall–Kier alpha value is -3.20. The highest BCUT2D eigenvalue weighted by atomic mass is 35.5. The van der Waals surface area contributed by atoms with Crippen LogP contribution in [0.3, 0.4) is 0 Å². The summed E-state index contributed by atoms with van der Waals surface area (Å²) in [5.74, 6) is -4.69. The van der Waals surface area contributed by atoms with Crippen LogP contribution in [0.4, 0.5) is 18.9 Å². The maximum atomic E-state index is 14.4. The van der Waals surface area contributed by atoms with E-state index in [9.17, 15) is 51.3 Å². The van der Waals surface area contributed by atoms with Crippen LogP contribution in [0, 0.1) is 5.92 Å². The Kier molecular flexibility index (Phi) is 10.2. The number of hydrogen-bond acceptors (Lipinski definition) is 7. The van der Waals surface area contributed by atoms with Crippen molar-refractivity contribution in [1.82, 2.24) is 4.90 Å². The molecule has 5 rings (SSSR count). The summed E-state index contributed by atoms with van der Waals surface area (Å²) in [6, 6.07) is 7.44. The first-order chi connectivity index (χ1) is 21.4. The quantitative estimate of drug-likeness (QED) is 0.274. The van der Waals surface area contributed by atoms with Crippen LogP contribution in [-0.2, 0) is 30.4 Å². The predicted molar refractivity (Wildman–Crippen MR) is 162 cm³/mol. The fourth-order valence-electron chi connectivity index (χ4n) is 6.88. The Morgan fingerprint density at radius 1 is 1.07 bits per heavy atom. The number of anilines is 1. The molecule has 10 nitrogen and oxygen atoms in total. The summed E-state index contributed by atoms with van der Waals surface area (Å²) in [4.78, 5) is 40.9. The lowest BCUT2D eigenvalue weighted by Crippen LogP contribution is -2.64. The number of carboxylic acid groups (broad SMARTS) is 2. The Bertz CT molecular complexity index is 1590. The first-order valence-electron chi connectivity index (χ1n) is 14.8. The Balaban J connectivity index is 2.00. The molecule has 3 N–H and O–H groups in total. The molecule has 2 aliphatic heterocycles. The monoisotopic (exact) mass is 688 g/mol. The molecule has 1 aliphatic carbocycles. The Morgan fingerprint density at radius 3 is 2.17 bits per heavy atom. The number of rotatable bonds is 12. The maximum Gasteiger partial charge on any atom is 0.417 e. The highest BCUT2D eigenvalue weighted by Gasteiger charge is 2.54. The number of piperidine rings is 2. The second-order valence-corrected chi connectivity index (χ2v) is 14.7. The van der Waals surface area contributed by atoms with Crippen LogP contribution >= 0.6 is 11.6 Å². The fraction of sp³-hybridized carbons (Fsp3) is 0.516. The minimum atomic E-state index is -4.93. The number of likely N-dealkylation sites (N-methyl/N-ethyl adjacent to an activating group) is 1. The molecule has 0 aromatic heterocycles. The molecule has 15 heteroatoms. The van der Waals surface area contributed by atoms with Crippen molar-refractivity contribution in [3.8, 4) is 0 Å². The van der Waals surface area contributed by atoms with Crippen LogP contribution in [-0.4, -0.2) is 77.0 Å². The zero-order valence-corrected chi connectivity index (χ0v) is 26.8. The zero-order chi connectivity index (χ0) is 34.2. The van der Waals surface area contributed by atoms with E-state index in [4.69, 9.17) is 11.6 Å². The van der Waals surface area contributed by atoms with E-state index in [0.717, 1.165) is 29.9 Å². The van der Waals surface area contributed by atoms with Gasteiger partial charge in [-0.25, -0.2) is 13.2 Å². The topological polar surface area (TPSA) is 153 Å². The fourth-order valence-corrected chi connectivity index (χ4v) is 8.53. The van der Waals surface area contributed by atoms with Crippen molar-refractivity contribution in [1.29, 1.82) is 0 Å². The van der Waals surface area contributed by atoms with Crippen LogP contribution in [0.25, 0.3) is 0 Å². The number of aliphatic hydroxyl groups is 1. The molecule has 2 atom stereocenters. The van der Waals surface area contributed by atoms with Crippen molar-refractivity contribution < 1.29 is 51.3 Å². The molecule has 1 amide bonds. The van der Waals surface area contributed by atoms with Gasteiger partial charge in [-0.2, -0.15) is 13.2 Å². The van der Waals surface area contributed by atoms with Gasteiger partial charge in [-0.05, 0) is 74.9 Å². The van der Waals surface area contributed by atoms with Crippen LogP contribution in [0.1, 0.15) is 69.0 Å². The third kappa shape index (κ3) is 6.90. The second-order valence-electron chi connectivity index (χ2n) is 12.2. The average Bonchev–Trinajstić information content (AvgIpc) is 2.96. The molecule has 1 saturated carbocycles. The van der Waals surface area contributed by atoms with Gasteiger partial charge in [0.2, 0.25) is 5.91 Å². The van der Waals surface area contributed by atoms with E-state index < -0.39 is 80.2 Å². The van der Waals surface area contributed by atoms with E-state index in [1.807, 2.05) is 11.9 Å². The normalized spacial score (nSPS) is 22.2. The lowest BCUT2D eigenvalue weighted by molar-refractivity contribution is -0.167. The molecule has 2 heterocycles. The van der Waals surface area contributed by atoms with Crippen molar-refractivity contribution in [3.05, 3.63) is 58.6 Å². The van der Waals surface area contributed by atoms with Crippen LogP contribution < -0.4 is 4.90 Å². The van der Waals surface area contributed by atoms with Gasteiger partial charge in [-0.1, -0.05) is 36.7 Å². The molecule has 252 valence electrons. The molecule has 2 bridgehead atoms. The summed E-state index contributed by atoms with van der Waals surface area (Å²) in [6.45, 7) is 2.30. The highest BCUT2D eigenvalue weighted by Crippen LogP contribution is 2.53. The molecule has 0 radical (unpaired) electrons. The molecular weight excluding hydrogens is 653 g/mol. The van der Waals surface area contributed by atoms with Gasteiger partial charge in [-0.15, -0.1) is 0 Å². The summed E-state index contributed by atoms with van der Waals surface area (Å²) < 4.78 is 67.9. The summed E-state index contributed by atoms with van der Waals surface area (Å²) in [7, 11) is -1.84. The van der Waals surface area contributed by atoms with Gasteiger partial charge in [0, 0.05) is 12.1 Å². The first-order valence-corrected chi connectivity index (χ1v) is 16.8. The van der Waals surface area contributed by atoms with E-state index in [1.165, 1.54) is 30.3 Å². The first kappa shape index (κ1) is 35.7. The third-order valence-corrected chi connectivity index (χ3v) is 11.5. The van der Waals surface area contributed by atoms with Crippen LogP contribution in [0.2, 0.25) is 5.02 Å². The molecule has 0 spiro atoms. The van der Waals surface area contributed by atoms with Crippen molar-refractivity contribution in [3.63, 3.8) is 0 Å². The molecule has 2 saturated heterocycles. The van der Waals surface area contributed by atoms with Gasteiger partial charge < -0.3 is 20.2 Å². The number of amides is 1. The molecule has 2 aromatic carbocycles. The van der Waals surface area contributed by atoms with E-state index in [0.29, 0.717) is 37.3 Å². The van der Waals surface area contributed by atoms with Crippen LogP contribution in [0.5, 0.6) is 0 Å². The number of benzene rings is 2. The number of carboxylic acids is 2. The lowest BCUT2D eigenvalue weighted by atomic mass is 9.65. The minimum Gasteiger partial charge on any atom is -0.481 e. The van der Waals surface area contributed by atoms with Gasteiger partial charge in [0.15, 0.2) is 15.4 Å². The van der Waals surface area contributed by atoms with E-state index >= 15 is 0 Å². The Morgan fingerprint density at radius 2 is 1.67 bits per heavy atom. The number of alkyl halides is 3. The molecule has 3 aliphatic rings. The summed E-state index contributed by atoms with van der Waals surface area (Å²) >= 11 is 6.40. The second kappa shape index (κ2) is 13.1. The number of sulfone groups is 1. The number of hydrogen-bond donors (Lipinski definition) is 3. The van der Waals surface area contributed by atoms with Crippen LogP contribution in [0.15, 0.2) is 47.4 Å². The van der Waals surface area contributed by atoms with E-state index in [2.05, 4.69) is 0 Å².